The van der Waals surface area contributed by atoms with Gasteiger partial charge < -0.3 is 14.2 Å². The predicted octanol–water partition coefficient (Wildman–Crippen LogP) is 4.38. The third-order valence-corrected chi connectivity index (χ3v) is 5.71. The number of fused-ring (bicyclic) bond motifs is 1. The molecule has 1 fully saturated rings. The van der Waals surface area contributed by atoms with Crippen molar-refractivity contribution in [3.8, 4) is 17.2 Å². The first kappa shape index (κ1) is 18.6. The minimum atomic E-state index is -0.0997. The highest BCUT2D eigenvalue weighted by Gasteiger charge is 2.31. The zero-order valence-corrected chi connectivity index (χ0v) is 16.7. The molecule has 4 rings (SSSR count). The van der Waals surface area contributed by atoms with E-state index in [-0.39, 0.29) is 12.7 Å². The molecule has 0 atom stereocenters. The van der Waals surface area contributed by atoms with Gasteiger partial charge in [0.2, 0.25) is 6.79 Å². The number of thioether (sulfide) groups is 1. The van der Waals surface area contributed by atoms with Crippen LogP contribution in [0.1, 0.15) is 11.1 Å². The van der Waals surface area contributed by atoms with Gasteiger partial charge in [0.1, 0.15) is 10.1 Å². The number of thiocarbonyl (C=S) groups is 1. The minimum Gasteiger partial charge on any atom is -0.496 e. The van der Waals surface area contributed by atoms with E-state index < -0.39 is 0 Å². The number of carbonyl (C=O) groups excluding carboxylic acids is 1. The van der Waals surface area contributed by atoms with E-state index in [2.05, 4.69) is 0 Å². The molecular weight excluding hydrogens is 394 g/mol. The molecule has 0 N–H and O–H groups in total. The van der Waals surface area contributed by atoms with E-state index in [0.29, 0.717) is 21.5 Å². The molecular formula is C21H17NO4S2. The first-order valence-electron chi connectivity index (χ1n) is 8.59. The summed E-state index contributed by atoms with van der Waals surface area (Å²) in [4.78, 5) is 14.9. The van der Waals surface area contributed by atoms with Crippen LogP contribution < -0.4 is 14.2 Å². The number of rotatable bonds is 5. The van der Waals surface area contributed by atoms with Gasteiger partial charge in [0.05, 0.1) is 18.6 Å². The number of para-hydroxylation sites is 1. The van der Waals surface area contributed by atoms with Crippen LogP contribution in [-0.4, -0.2) is 29.0 Å². The van der Waals surface area contributed by atoms with Crippen molar-refractivity contribution < 1.29 is 19.0 Å². The predicted molar refractivity (Wildman–Crippen MR) is 113 cm³/mol. The Balaban J connectivity index is 1.47. The first-order chi connectivity index (χ1) is 13.7. The van der Waals surface area contributed by atoms with Crippen LogP contribution >= 0.6 is 24.0 Å². The number of hydrogen-bond acceptors (Lipinski definition) is 6. The number of methoxy groups -OCH3 is 1. The van der Waals surface area contributed by atoms with Crippen LogP contribution in [0.5, 0.6) is 17.2 Å². The second-order valence-electron chi connectivity index (χ2n) is 6.08. The molecule has 2 aromatic rings. The summed E-state index contributed by atoms with van der Waals surface area (Å²) in [5.41, 5.74) is 1.88. The lowest BCUT2D eigenvalue weighted by atomic mass is 10.2. The smallest absolute Gasteiger partial charge is 0.266 e. The molecule has 0 bridgehead atoms. The van der Waals surface area contributed by atoms with E-state index in [1.807, 2.05) is 54.6 Å². The Bertz CT molecular complexity index is 1000. The average Bonchev–Trinajstić information content (AvgIpc) is 3.28. The lowest BCUT2D eigenvalue weighted by molar-refractivity contribution is -0.122. The highest BCUT2D eigenvalue weighted by atomic mass is 32.2. The van der Waals surface area contributed by atoms with Crippen LogP contribution in [0, 0.1) is 0 Å². The molecule has 0 radical (unpaired) electrons. The van der Waals surface area contributed by atoms with Gasteiger partial charge in [-0.25, -0.2) is 0 Å². The summed E-state index contributed by atoms with van der Waals surface area (Å²) in [6.45, 7) is 0.621. The van der Waals surface area contributed by atoms with Gasteiger partial charge in [0.15, 0.2) is 11.5 Å². The van der Waals surface area contributed by atoms with Gasteiger partial charge >= 0.3 is 0 Å². The normalized spacial score (nSPS) is 17.2. The zero-order chi connectivity index (χ0) is 19.5. The molecule has 1 amide bonds. The van der Waals surface area contributed by atoms with Crippen molar-refractivity contribution in [2.24, 2.45) is 0 Å². The fourth-order valence-electron chi connectivity index (χ4n) is 2.92. The molecule has 0 aromatic heterocycles. The van der Waals surface area contributed by atoms with Gasteiger partial charge in [-0.3, -0.25) is 9.69 Å². The molecule has 0 spiro atoms. The molecule has 0 unspecified atom stereocenters. The Morgan fingerprint density at radius 1 is 1.21 bits per heavy atom. The Morgan fingerprint density at radius 3 is 2.89 bits per heavy atom. The number of carbonyl (C=O) groups is 1. The summed E-state index contributed by atoms with van der Waals surface area (Å²) in [5.74, 6) is 2.09. The van der Waals surface area contributed by atoms with Crippen LogP contribution in [0.4, 0.5) is 0 Å². The lowest BCUT2D eigenvalue weighted by Crippen LogP contribution is -2.27. The summed E-state index contributed by atoms with van der Waals surface area (Å²) in [7, 11) is 1.63. The second kappa shape index (κ2) is 8.08. The monoisotopic (exact) mass is 411 g/mol. The maximum atomic E-state index is 12.8. The molecule has 1 saturated heterocycles. The van der Waals surface area contributed by atoms with Crippen LogP contribution in [0.2, 0.25) is 0 Å². The largest absolute Gasteiger partial charge is 0.496 e. The van der Waals surface area contributed by atoms with Crippen molar-refractivity contribution in [3.63, 3.8) is 0 Å². The van der Waals surface area contributed by atoms with Crippen molar-refractivity contribution in [2.45, 2.75) is 6.54 Å². The summed E-state index contributed by atoms with van der Waals surface area (Å²) in [6, 6.07) is 13.3. The van der Waals surface area contributed by atoms with E-state index in [1.165, 1.54) is 11.8 Å². The molecule has 7 heteroatoms. The molecule has 2 aliphatic rings. The van der Waals surface area contributed by atoms with Gasteiger partial charge in [0.25, 0.3) is 5.91 Å². The molecule has 0 aliphatic carbocycles. The number of ether oxygens (including phenoxy) is 3. The van der Waals surface area contributed by atoms with E-state index in [9.17, 15) is 4.79 Å². The van der Waals surface area contributed by atoms with Gasteiger partial charge in [-0.15, -0.1) is 0 Å². The van der Waals surface area contributed by atoms with Gasteiger partial charge in [0, 0.05) is 5.56 Å². The van der Waals surface area contributed by atoms with Crippen LogP contribution in [0.3, 0.4) is 0 Å². The van der Waals surface area contributed by atoms with Gasteiger partial charge in [-0.05, 0) is 29.8 Å². The number of nitrogens with zero attached hydrogens (tertiary/aromatic N) is 1. The summed E-state index contributed by atoms with van der Waals surface area (Å²) in [6.07, 6.45) is 5.53. The summed E-state index contributed by atoms with van der Waals surface area (Å²) < 4.78 is 16.6. The topological polar surface area (TPSA) is 48.0 Å². The van der Waals surface area contributed by atoms with Gasteiger partial charge in [-0.1, -0.05) is 60.4 Å². The summed E-state index contributed by atoms with van der Waals surface area (Å²) >= 11 is 6.71. The maximum absolute atomic E-state index is 12.8. The van der Waals surface area contributed by atoms with Crippen molar-refractivity contribution in [2.75, 3.05) is 13.9 Å². The SMILES string of the molecule is COc1ccccc1/C=C/C=C1/SC(=S)N(Cc2ccc3c(c2)OCO3)C1=O. The highest BCUT2D eigenvalue weighted by Crippen LogP contribution is 2.35. The van der Waals surface area contributed by atoms with Crippen molar-refractivity contribution in [1.82, 2.24) is 4.90 Å². The number of allylic oxidation sites excluding steroid dienone is 2. The quantitative estimate of drug-likeness (QED) is 0.538. The van der Waals surface area contributed by atoms with Gasteiger partial charge in [-0.2, -0.15) is 0 Å². The van der Waals surface area contributed by atoms with Crippen LogP contribution in [-0.2, 0) is 11.3 Å². The number of amides is 1. The third kappa shape index (κ3) is 3.76. The zero-order valence-electron chi connectivity index (χ0n) is 15.1. The highest BCUT2D eigenvalue weighted by molar-refractivity contribution is 8.26. The third-order valence-electron chi connectivity index (χ3n) is 4.31. The maximum Gasteiger partial charge on any atom is 0.266 e. The van der Waals surface area contributed by atoms with Crippen LogP contribution in [0.25, 0.3) is 6.08 Å². The number of benzene rings is 2. The average molecular weight is 412 g/mol. The van der Waals surface area contributed by atoms with E-state index >= 15 is 0 Å². The first-order valence-corrected chi connectivity index (χ1v) is 9.82. The van der Waals surface area contributed by atoms with E-state index in [1.54, 1.807) is 18.1 Å². The lowest BCUT2D eigenvalue weighted by Gasteiger charge is -2.14. The fraction of sp³-hybridized carbons (Fsp3) is 0.143. The number of hydrogen-bond donors (Lipinski definition) is 0. The van der Waals surface area contributed by atoms with Crippen molar-refractivity contribution in [1.29, 1.82) is 0 Å². The van der Waals surface area contributed by atoms with E-state index in [4.69, 9.17) is 26.4 Å². The Morgan fingerprint density at radius 2 is 2.04 bits per heavy atom. The molecule has 2 aliphatic heterocycles. The molecule has 142 valence electrons. The van der Waals surface area contributed by atoms with Crippen molar-refractivity contribution in [3.05, 3.63) is 70.6 Å². The fourth-order valence-corrected chi connectivity index (χ4v) is 4.12. The minimum absolute atomic E-state index is 0.0997. The van der Waals surface area contributed by atoms with E-state index in [0.717, 1.165) is 22.6 Å². The molecule has 0 saturated carbocycles. The van der Waals surface area contributed by atoms with Crippen LogP contribution in [0.15, 0.2) is 59.5 Å². The molecule has 2 aromatic carbocycles. The standard InChI is InChI=1S/C21H17NO4S2/c1-24-16-7-3-2-5-15(16)6-4-8-19-20(23)22(21(27)28-19)12-14-9-10-17-18(11-14)26-13-25-17/h2-11H,12-13H2,1H3/b6-4+,19-8+. The molecule has 5 nitrogen and oxygen atoms in total. The molecule has 2 heterocycles. The Kier molecular flexibility index (Phi) is 5.36. The summed E-state index contributed by atoms with van der Waals surface area (Å²) in [5, 5.41) is 0. The van der Waals surface area contributed by atoms with Crippen molar-refractivity contribution >= 4 is 40.3 Å². The second-order valence-corrected chi connectivity index (χ2v) is 7.75. The Hall–Kier alpha value is -2.77. The Labute approximate surface area is 172 Å². The molecule has 28 heavy (non-hydrogen) atoms.